The average molecular weight is 350 g/mol. The molecule has 1 atom stereocenters. The smallest absolute Gasteiger partial charge is 0.126 e. The Morgan fingerprint density at radius 3 is 2.43 bits per heavy atom. The Morgan fingerprint density at radius 2 is 1.90 bits per heavy atom. The van der Waals surface area contributed by atoms with Crippen molar-refractivity contribution in [2.24, 2.45) is 0 Å². The first-order valence-electron chi connectivity index (χ1n) is 6.76. The summed E-state index contributed by atoms with van der Waals surface area (Å²) in [5, 5.41) is 3.38. The van der Waals surface area contributed by atoms with Gasteiger partial charge in [0.15, 0.2) is 0 Å². The van der Waals surface area contributed by atoms with Gasteiger partial charge in [-0.25, -0.2) is 4.98 Å². The number of nitrogens with one attached hydrogen (secondary N) is 1. The standard InChI is InChI=1S/C16H20BrN3O/c1-20(2)15(12-4-7-14(21-3)8-5-12)11-19-16-9-6-13(17)10-18-16/h4-10,15H,11H2,1-3H3,(H,18,19). The molecule has 0 fully saturated rings. The lowest BCUT2D eigenvalue weighted by Gasteiger charge is -2.25. The van der Waals surface area contributed by atoms with E-state index in [4.69, 9.17) is 4.74 Å². The number of hydrogen-bond acceptors (Lipinski definition) is 4. The monoisotopic (exact) mass is 349 g/mol. The van der Waals surface area contributed by atoms with Crippen LogP contribution in [0.5, 0.6) is 5.75 Å². The minimum absolute atomic E-state index is 0.265. The van der Waals surface area contributed by atoms with Gasteiger partial charge in [-0.3, -0.25) is 0 Å². The van der Waals surface area contributed by atoms with Gasteiger partial charge in [0.1, 0.15) is 11.6 Å². The summed E-state index contributed by atoms with van der Waals surface area (Å²) < 4.78 is 6.19. The van der Waals surface area contributed by atoms with Crippen LogP contribution >= 0.6 is 15.9 Å². The highest BCUT2D eigenvalue weighted by molar-refractivity contribution is 9.10. The summed E-state index contributed by atoms with van der Waals surface area (Å²) in [6.45, 7) is 0.786. The molecule has 0 spiro atoms. The van der Waals surface area contributed by atoms with Gasteiger partial charge < -0.3 is 15.0 Å². The number of ether oxygens (including phenoxy) is 1. The highest BCUT2D eigenvalue weighted by Crippen LogP contribution is 2.22. The number of pyridine rings is 1. The second kappa shape index (κ2) is 7.43. The molecular weight excluding hydrogens is 330 g/mol. The van der Waals surface area contributed by atoms with Gasteiger partial charge >= 0.3 is 0 Å². The Balaban J connectivity index is 2.06. The summed E-state index contributed by atoms with van der Waals surface area (Å²) in [4.78, 5) is 6.52. The van der Waals surface area contributed by atoms with E-state index in [9.17, 15) is 0 Å². The van der Waals surface area contributed by atoms with Crippen molar-refractivity contribution in [3.05, 3.63) is 52.6 Å². The molecule has 0 bridgehead atoms. The molecule has 0 radical (unpaired) electrons. The van der Waals surface area contributed by atoms with Gasteiger partial charge in [-0.1, -0.05) is 12.1 Å². The highest BCUT2D eigenvalue weighted by Gasteiger charge is 2.14. The maximum absolute atomic E-state index is 5.21. The predicted molar refractivity (Wildman–Crippen MR) is 89.8 cm³/mol. The van der Waals surface area contributed by atoms with Crippen LogP contribution in [0.25, 0.3) is 0 Å². The summed E-state index contributed by atoms with van der Waals surface area (Å²) in [6, 6.07) is 12.4. The molecular formula is C16H20BrN3O. The predicted octanol–water partition coefficient (Wildman–Crippen LogP) is 3.57. The second-order valence-corrected chi connectivity index (χ2v) is 5.91. The second-order valence-electron chi connectivity index (χ2n) is 5.00. The molecule has 2 rings (SSSR count). The first-order chi connectivity index (χ1) is 10.1. The number of nitrogens with zero attached hydrogens (tertiary/aromatic N) is 2. The van der Waals surface area contributed by atoms with E-state index in [1.807, 2.05) is 24.3 Å². The molecule has 0 aliphatic carbocycles. The Morgan fingerprint density at radius 1 is 1.19 bits per heavy atom. The van der Waals surface area contributed by atoms with E-state index < -0.39 is 0 Å². The van der Waals surface area contributed by atoms with Crippen LogP contribution in [0.4, 0.5) is 5.82 Å². The van der Waals surface area contributed by atoms with Crippen LogP contribution in [0, 0.1) is 0 Å². The van der Waals surface area contributed by atoms with Crippen molar-refractivity contribution in [3.63, 3.8) is 0 Å². The van der Waals surface area contributed by atoms with Crippen molar-refractivity contribution in [1.82, 2.24) is 9.88 Å². The lowest BCUT2D eigenvalue weighted by molar-refractivity contribution is 0.311. The van der Waals surface area contributed by atoms with Crippen LogP contribution in [0.15, 0.2) is 47.1 Å². The molecule has 2 aromatic rings. The van der Waals surface area contributed by atoms with Crippen LogP contribution < -0.4 is 10.1 Å². The van der Waals surface area contributed by atoms with Crippen LogP contribution in [-0.4, -0.2) is 37.6 Å². The van der Waals surface area contributed by atoms with Crippen LogP contribution in [0.3, 0.4) is 0 Å². The van der Waals surface area contributed by atoms with Gasteiger partial charge in [0, 0.05) is 17.2 Å². The average Bonchev–Trinajstić information content (AvgIpc) is 2.49. The maximum atomic E-state index is 5.21. The van der Waals surface area contributed by atoms with E-state index in [0.29, 0.717) is 0 Å². The molecule has 1 aromatic carbocycles. The largest absolute Gasteiger partial charge is 0.497 e. The summed E-state index contributed by atoms with van der Waals surface area (Å²) in [7, 11) is 5.83. The van der Waals surface area contributed by atoms with Crippen molar-refractivity contribution in [2.75, 3.05) is 33.1 Å². The Hall–Kier alpha value is -1.59. The molecule has 0 saturated carbocycles. The molecule has 0 amide bonds. The first-order valence-corrected chi connectivity index (χ1v) is 7.55. The van der Waals surface area contributed by atoms with Crippen LogP contribution in [0.1, 0.15) is 11.6 Å². The fourth-order valence-corrected chi connectivity index (χ4v) is 2.34. The Kier molecular flexibility index (Phi) is 5.59. The third-order valence-electron chi connectivity index (χ3n) is 3.33. The molecule has 112 valence electrons. The zero-order valence-corrected chi connectivity index (χ0v) is 14.1. The summed E-state index contributed by atoms with van der Waals surface area (Å²) in [6.07, 6.45) is 1.79. The van der Waals surface area contributed by atoms with Crippen LogP contribution in [0.2, 0.25) is 0 Å². The van der Waals surface area contributed by atoms with Crippen molar-refractivity contribution in [3.8, 4) is 5.75 Å². The van der Waals surface area contributed by atoms with Crippen molar-refractivity contribution in [2.45, 2.75) is 6.04 Å². The third-order valence-corrected chi connectivity index (χ3v) is 3.80. The SMILES string of the molecule is COc1ccc(C(CNc2ccc(Br)cn2)N(C)C)cc1. The molecule has 1 unspecified atom stereocenters. The van der Waals surface area contributed by atoms with Gasteiger partial charge in [0.05, 0.1) is 13.2 Å². The number of likely N-dealkylation sites (N-methyl/N-ethyl adjacent to an activating group) is 1. The molecule has 21 heavy (non-hydrogen) atoms. The number of halogens is 1. The summed E-state index contributed by atoms with van der Waals surface area (Å²) in [5.41, 5.74) is 1.24. The number of aromatic nitrogens is 1. The normalized spacial score (nSPS) is 12.2. The molecule has 4 nitrogen and oxygen atoms in total. The minimum atomic E-state index is 0.265. The van der Waals surface area contributed by atoms with E-state index in [2.05, 4.69) is 57.4 Å². The minimum Gasteiger partial charge on any atom is -0.497 e. The molecule has 5 heteroatoms. The third kappa shape index (κ3) is 4.44. The number of methoxy groups -OCH3 is 1. The van der Waals surface area contributed by atoms with Gasteiger partial charge in [-0.2, -0.15) is 0 Å². The van der Waals surface area contributed by atoms with E-state index in [1.54, 1.807) is 13.3 Å². The van der Waals surface area contributed by atoms with E-state index >= 15 is 0 Å². The molecule has 0 aliphatic rings. The van der Waals surface area contributed by atoms with Crippen molar-refractivity contribution in [1.29, 1.82) is 0 Å². The van der Waals surface area contributed by atoms with Gasteiger partial charge in [0.2, 0.25) is 0 Å². The number of benzene rings is 1. The van der Waals surface area contributed by atoms with E-state index in [-0.39, 0.29) is 6.04 Å². The van der Waals surface area contributed by atoms with Crippen molar-refractivity contribution >= 4 is 21.7 Å². The maximum Gasteiger partial charge on any atom is 0.126 e. The van der Waals surface area contributed by atoms with Gasteiger partial charge in [-0.15, -0.1) is 0 Å². The van der Waals surface area contributed by atoms with Crippen molar-refractivity contribution < 1.29 is 4.74 Å². The molecule has 0 saturated heterocycles. The summed E-state index contributed by atoms with van der Waals surface area (Å²) in [5.74, 6) is 1.75. The van der Waals surface area contributed by atoms with E-state index in [1.165, 1.54) is 5.56 Å². The van der Waals surface area contributed by atoms with E-state index in [0.717, 1.165) is 22.6 Å². The van der Waals surface area contributed by atoms with Gasteiger partial charge in [0.25, 0.3) is 0 Å². The zero-order chi connectivity index (χ0) is 15.2. The molecule has 1 heterocycles. The zero-order valence-electron chi connectivity index (χ0n) is 12.5. The van der Waals surface area contributed by atoms with Gasteiger partial charge in [-0.05, 0) is 59.9 Å². The number of hydrogen-bond donors (Lipinski definition) is 1. The topological polar surface area (TPSA) is 37.4 Å². The number of anilines is 1. The number of rotatable bonds is 6. The summed E-state index contributed by atoms with van der Waals surface area (Å²) >= 11 is 3.39. The molecule has 0 aliphatic heterocycles. The Bertz CT molecular complexity index is 555. The lowest BCUT2D eigenvalue weighted by atomic mass is 10.1. The highest BCUT2D eigenvalue weighted by atomic mass is 79.9. The van der Waals surface area contributed by atoms with Crippen LogP contribution in [-0.2, 0) is 0 Å². The quantitative estimate of drug-likeness (QED) is 0.864. The first kappa shape index (κ1) is 15.8. The lowest BCUT2D eigenvalue weighted by Crippen LogP contribution is -2.27. The molecule has 1 N–H and O–H groups in total. The Labute approximate surface area is 134 Å². The fraction of sp³-hybridized carbons (Fsp3) is 0.312. The molecule has 1 aromatic heterocycles. The fourth-order valence-electron chi connectivity index (χ4n) is 2.11.